The monoisotopic (exact) mass is 460 g/mol. The van der Waals surface area contributed by atoms with Crippen LogP contribution in [0.4, 0.5) is 11.4 Å². The molecule has 1 atom stereocenters. The number of hydrogen-bond acceptors (Lipinski definition) is 4. The summed E-state index contributed by atoms with van der Waals surface area (Å²) in [6.45, 7) is 3.84. The molecule has 0 aliphatic carbocycles. The van der Waals surface area contributed by atoms with Gasteiger partial charge in [-0.25, -0.2) is 8.42 Å². The number of amides is 1. The Balaban J connectivity index is 1.64. The van der Waals surface area contributed by atoms with E-state index in [0.717, 1.165) is 10.5 Å². The van der Waals surface area contributed by atoms with Crippen molar-refractivity contribution in [2.45, 2.75) is 28.9 Å². The maximum Gasteiger partial charge on any atom is 0.261 e. The average molecular weight is 461 g/mol. The summed E-state index contributed by atoms with van der Waals surface area (Å²) in [5.74, 6) is -0.162. The van der Waals surface area contributed by atoms with Crippen molar-refractivity contribution < 1.29 is 13.2 Å². The van der Waals surface area contributed by atoms with E-state index >= 15 is 0 Å². The SMILES string of the molecule is Cc1ccc(S[C@@H](C)C(=O)Nc2ccc(S(=O)(=O)Nc3ccccc3Cl)cc2)cc1. The van der Waals surface area contributed by atoms with Crippen LogP contribution in [-0.4, -0.2) is 19.6 Å². The van der Waals surface area contributed by atoms with Crippen molar-refractivity contribution in [2.24, 2.45) is 0 Å². The zero-order valence-electron chi connectivity index (χ0n) is 16.4. The van der Waals surface area contributed by atoms with E-state index in [1.165, 1.54) is 23.9 Å². The molecule has 3 aromatic carbocycles. The summed E-state index contributed by atoms with van der Waals surface area (Å²) in [5.41, 5.74) is 1.99. The fourth-order valence-electron chi connectivity index (χ4n) is 2.58. The van der Waals surface area contributed by atoms with E-state index < -0.39 is 10.0 Å². The molecule has 0 saturated carbocycles. The summed E-state index contributed by atoms with van der Waals surface area (Å²) in [6, 6.07) is 20.6. The number of halogens is 1. The molecule has 5 nitrogen and oxygen atoms in total. The second-order valence-electron chi connectivity index (χ2n) is 6.67. The predicted molar refractivity (Wildman–Crippen MR) is 124 cm³/mol. The van der Waals surface area contributed by atoms with Crippen LogP contribution in [0.3, 0.4) is 0 Å². The lowest BCUT2D eigenvalue weighted by Gasteiger charge is -2.13. The topological polar surface area (TPSA) is 75.3 Å². The molecular formula is C22H21ClN2O3S2. The van der Waals surface area contributed by atoms with Gasteiger partial charge in [0.1, 0.15) is 0 Å². The van der Waals surface area contributed by atoms with Gasteiger partial charge < -0.3 is 5.32 Å². The fourth-order valence-corrected chi connectivity index (χ4v) is 4.77. The van der Waals surface area contributed by atoms with Gasteiger partial charge in [0.25, 0.3) is 10.0 Å². The van der Waals surface area contributed by atoms with Crippen molar-refractivity contribution >= 4 is 50.7 Å². The third-order valence-corrected chi connectivity index (χ3v) is 7.08. The molecule has 0 aliphatic rings. The Morgan fingerprint density at radius 2 is 1.60 bits per heavy atom. The lowest BCUT2D eigenvalue weighted by Crippen LogP contribution is -2.22. The number of benzene rings is 3. The van der Waals surface area contributed by atoms with Crippen LogP contribution in [0, 0.1) is 6.92 Å². The van der Waals surface area contributed by atoms with Gasteiger partial charge in [-0.1, -0.05) is 41.4 Å². The summed E-state index contributed by atoms with van der Waals surface area (Å²) in [5, 5.41) is 2.82. The Bertz CT molecular complexity index is 1130. The van der Waals surface area contributed by atoms with Gasteiger partial charge in [0.15, 0.2) is 0 Å². The van der Waals surface area contributed by atoms with Crippen molar-refractivity contribution in [3.63, 3.8) is 0 Å². The number of hydrogen-bond donors (Lipinski definition) is 2. The zero-order chi connectivity index (χ0) is 21.7. The van der Waals surface area contributed by atoms with Gasteiger partial charge in [0.05, 0.1) is 20.9 Å². The Kier molecular flexibility index (Phi) is 7.07. The van der Waals surface area contributed by atoms with Crippen LogP contribution in [0.15, 0.2) is 82.6 Å². The molecule has 0 aromatic heterocycles. The first-order valence-corrected chi connectivity index (χ1v) is 11.9. The summed E-state index contributed by atoms with van der Waals surface area (Å²) >= 11 is 7.48. The Labute approximate surface area is 185 Å². The van der Waals surface area contributed by atoms with Crippen molar-refractivity contribution in [1.29, 1.82) is 0 Å². The highest BCUT2D eigenvalue weighted by Crippen LogP contribution is 2.26. The average Bonchev–Trinajstić information content (AvgIpc) is 2.71. The largest absolute Gasteiger partial charge is 0.325 e. The van der Waals surface area contributed by atoms with Gasteiger partial charge in [-0.3, -0.25) is 9.52 Å². The normalized spacial score (nSPS) is 12.2. The molecular weight excluding hydrogens is 440 g/mol. The van der Waals surface area contributed by atoms with Gasteiger partial charge >= 0.3 is 0 Å². The third-order valence-electron chi connectivity index (χ3n) is 4.25. The van der Waals surface area contributed by atoms with Crippen LogP contribution in [0.1, 0.15) is 12.5 Å². The van der Waals surface area contributed by atoms with E-state index in [1.54, 1.807) is 36.4 Å². The number of nitrogens with one attached hydrogen (secondary N) is 2. The molecule has 0 fully saturated rings. The molecule has 3 rings (SSSR count). The Hall–Kier alpha value is -2.48. The molecule has 1 amide bonds. The molecule has 0 aliphatic heterocycles. The fraction of sp³-hybridized carbons (Fsp3) is 0.136. The number of sulfonamides is 1. The van der Waals surface area contributed by atoms with Gasteiger partial charge in [0.2, 0.25) is 5.91 Å². The zero-order valence-corrected chi connectivity index (χ0v) is 18.8. The van der Waals surface area contributed by atoms with Crippen LogP contribution >= 0.6 is 23.4 Å². The highest BCUT2D eigenvalue weighted by Gasteiger charge is 2.17. The smallest absolute Gasteiger partial charge is 0.261 e. The van der Waals surface area contributed by atoms with Crippen LogP contribution < -0.4 is 10.0 Å². The van der Waals surface area contributed by atoms with Crippen LogP contribution in [-0.2, 0) is 14.8 Å². The summed E-state index contributed by atoms with van der Waals surface area (Å²) < 4.78 is 27.6. The number of rotatable bonds is 7. The molecule has 30 heavy (non-hydrogen) atoms. The van der Waals surface area contributed by atoms with E-state index in [0.29, 0.717) is 16.4 Å². The first-order chi connectivity index (χ1) is 14.2. The van der Waals surface area contributed by atoms with E-state index in [9.17, 15) is 13.2 Å². The Morgan fingerprint density at radius 3 is 2.23 bits per heavy atom. The number of carbonyl (C=O) groups is 1. The third kappa shape index (κ3) is 5.78. The quantitative estimate of drug-likeness (QED) is 0.452. The number of carbonyl (C=O) groups excluding carboxylic acids is 1. The molecule has 0 saturated heterocycles. The number of anilines is 2. The first-order valence-electron chi connectivity index (χ1n) is 9.16. The highest BCUT2D eigenvalue weighted by molar-refractivity contribution is 8.00. The van der Waals surface area contributed by atoms with Crippen LogP contribution in [0.2, 0.25) is 5.02 Å². The second kappa shape index (κ2) is 9.55. The molecule has 156 valence electrons. The number of para-hydroxylation sites is 1. The van der Waals surface area contributed by atoms with Gasteiger partial charge in [-0.05, 0) is 62.4 Å². The number of thioether (sulfide) groups is 1. The molecule has 0 spiro atoms. The van der Waals surface area contributed by atoms with Crippen molar-refractivity contribution in [3.05, 3.63) is 83.4 Å². The van der Waals surface area contributed by atoms with Crippen molar-refractivity contribution in [3.8, 4) is 0 Å². The van der Waals surface area contributed by atoms with Crippen molar-refractivity contribution in [2.75, 3.05) is 10.0 Å². The minimum Gasteiger partial charge on any atom is -0.325 e. The molecule has 0 bridgehead atoms. The maximum absolute atomic E-state index is 12.6. The molecule has 0 unspecified atom stereocenters. The number of aryl methyl sites for hydroxylation is 1. The predicted octanol–water partition coefficient (Wildman–Crippen LogP) is 5.57. The molecule has 3 aromatic rings. The van der Waals surface area contributed by atoms with E-state index in [-0.39, 0.29) is 16.1 Å². The van der Waals surface area contributed by atoms with Gasteiger partial charge in [-0.15, -0.1) is 11.8 Å². The molecule has 0 radical (unpaired) electrons. The van der Waals surface area contributed by atoms with Crippen LogP contribution in [0.25, 0.3) is 0 Å². The van der Waals surface area contributed by atoms with Crippen LogP contribution in [0.5, 0.6) is 0 Å². The lowest BCUT2D eigenvalue weighted by atomic mass is 10.2. The molecule has 0 heterocycles. The standard InChI is InChI=1S/C22H21ClN2O3S2/c1-15-7-11-18(12-8-15)29-16(2)22(26)24-17-9-13-19(14-10-17)30(27,28)25-21-6-4-3-5-20(21)23/h3-14,16,25H,1-2H3,(H,24,26)/t16-/m0/s1. The van der Waals surface area contributed by atoms with E-state index in [4.69, 9.17) is 11.6 Å². The van der Waals surface area contributed by atoms with Gasteiger partial charge in [-0.2, -0.15) is 0 Å². The second-order valence-corrected chi connectivity index (χ2v) is 10.2. The molecule has 8 heteroatoms. The summed E-state index contributed by atoms with van der Waals surface area (Å²) in [4.78, 5) is 13.5. The first kappa shape index (κ1) is 22.2. The summed E-state index contributed by atoms with van der Waals surface area (Å²) in [7, 11) is -3.79. The maximum atomic E-state index is 12.6. The minimum atomic E-state index is -3.79. The van der Waals surface area contributed by atoms with Crippen molar-refractivity contribution in [1.82, 2.24) is 0 Å². The Morgan fingerprint density at radius 1 is 0.967 bits per heavy atom. The lowest BCUT2D eigenvalue weighted by molar-refractivity contribution is -0.115. The van der Waals surface area contributed by atoms with E-state index in [2.05, 4.69) is 10.0 Å². The minimum absolute atomic E-state index is 0.0718. The molecule has 2 N–H and O–H groups in total. The van der Waals surface area contributed by atoms with E-state index in [1.807, 2.05) is 38.1 Å². The summed E-state index contributed by atoms with van der Waals surface area (Å²) in [6.07, 6.45) is 0. The highest BCUT2D eigenvalue weighted by atomic mass is 35.5. The van der Waals surface area contributed by atoms with Gasteiger partial charge in [0, 0.05) is 10.6 Å².